The number of H-pyrrole nitrogens is 1. The molecule has 0 atom stereocenters. The third-order valence-corrected chi connectivity index (χ3v) is 3.08. The van der Waals surface area contributed by atoms with E-state index in [1.165, 1.54) is 17.6 Å². The fourth-order valence-electron chi connectivity index (χ4n) is 1.29. The number of thiophene rings is 1. The zero-order chi connectivity index (χ0) is 13.8. The Kier molecular flexibility index (Phi) is 3.81. The van der Waals surface area contributed by atoms with Gasteiger partial charge in [0.25, 0.3) is 5.56 Å². The average Bonchev–Trinajstić information content (AvgIpc) is 2.86. The van der Waals surface area contributed by atoms with Crippen molar-refractivity contribution in [3.63, 3.8) is 0 Å². The summed E-state index contributed by atoms with van der Waals surface area (Å²) in [7, 11) is 0. The largest absolute Gasteiger partial charge is 0.355 e. The minimum absolute atomic E-state index is 0.404. The minimum atomic E-state index is -1.22. The Bertz CT molecular complexity index is 730. The quantitative estimate of drug-likeness (QED) is 0.834. The van der Waals surface area contributed by atoms with Gasteiger partial charge in [-0.2, -0.15) is 4.39 Å². The van der Waals surface area contributed by atoms with Crippen molar-refractivity contribution in [1.29, 1.82) is 0 Å². The van der Waals surface area contributed by atoms with Crippen molar-refractivity contribution in [3.05, 3.63) is 55.2 Å². The van der Waals surface area contributed by atoms with E-state index in [1.54, 1.807) is 4.98 Å². The first-order valence-electron chi connectivity index (χ1n) is 5.18. The van der Waals surface area contributed by atoms with E-state index in [0.717, 1.165) is 4.88 Å². The standard InChI is InChI=1S/C11H8FN3O3S/c12-8-6-15(11(18)14-9(8)16)10(17)13-4-3-7-2-1-5-19-7/h1-2,4-6H,3H2,(H,14,16,18). The van der Waals surface area contributed by atoms with Gasteiger partial charge < -0.3 is 0 Å². The third-order valence-electron chi connectivity index (χ3n) is 2.18. The molecule has 6 nitrogen and oxygen atoms in total. The van der Waals surface area contributed by atoms with Crippen LogP contribution in [0.3, 0.4) is 0 Å². The molecule has 0 aliphatic rings. The van der Waals surface area contributed by atoms with E-state index < -0.39 is 23.1 Å². The van der Waals surface area contributed by atoms with Gasteiger partial charge in [-0.05, 0) is 11.4 Å². The summed E-state index contributed by atoms with van der Waals surface area (Å²) in [5, 5.41) is 1.88. The second-order valence-electron chi connectivity index (χ2n) is 3.48. The van der Waals surface area contributed by atoms with Gasteiger partial charge in [-0.3, -0.25) is 9.78 Å². The zero-order valence-electron chi connectivity index (χ0n) is 9.50. The van der Waals surface area contributed by atoms with Crippen LogP contribution in [0.4, 0.5) is 9.18 Å². The van der Waals surface area contributed by atoms with Crippen molar-refractivity contribution >= 4 is 23.6 Å². The number of aromatic nitrogens is 2. The lowest BCUT2D eigenvalue weighted by atomic mass is 10.4. The van der Waals surface area contributed by atoms with E-state index in [1.807, 2.05) is 17.5 Å². The fourth-order valence-corrected chi connectivity index (χ4v) is 1.95. The molecule has 2 aromatic rings. The Morgan fingerprint density at radius 1 is 1.53 bits per heavy atom. The maximum absolute atomic E-state index is 13.0. The number of halogens is 1. The Morgan fingerprint density at radius 3 is 3.00 bits per heavy atom. The van der Waals surface area contributed by atoms with Crippen LogP contribution in [0.15, 0.2) is 38.3 Å². The molecule has 0 unspecified atom stereocenters. The van der Waals surface area contributed by atoms with Crippen LogP contribution in [-0.2, 0) is 6.42 Å². The number of hydrogen-bond donors (Lipinski definition) is 1. The molecule has 1 amide bonds. The number of nitrogens with zero attached hydrogens (tertiary/aromatic N) is 2. The number of hydrogen-bond acceptors (Lipinski definition) is 4. The van der Waals surface area contributed by atoms with Gasteiger partial charge in [-0.1, -0.05) is 6.07 Å². The molecule has 0 bridgehead atoms. The van der Waals surface area contributed by atoms with Gasteiger partial charge in [0.05, 0.1) is 6.20 Å². The summed E-state index contributed by atoms with van der Waals surface area (Å²) >= 11 is 1.50. The highest BCUT2D eigenvalue weighted by molar-refractivity contribution is 7.10. The van der Waals surface area contributed by atoms with E-state index in [9.17, 15) is 18.8 Å². The highest BCUT2D eigenvalue weighted by Gasteiger charge is 2.09. The smallest absolute Gasteiger partial charge is 0.271 e. The number of amides is 1. The third kappa shape index (κ3) is 3.10. The summed E-state index contributed by atoms with van der Waals surface area (Å²) in [6.45, 7) is 0. The lowest BCUT2D eigenvalue weighted by Crippen LogP contribution is -2.34. The van der Waals surface area contributed by atoms with Gasteiger partial charge >= 0.3 is 11.7 Å². The van der Waals surface area contributed by atoms with Gasteiger partial charge in [-0.15, -0.1) is 11.3 Å². The second-order valence-corrected chi connectivity index (χ2v) is 4.52. The molecule has 98 valence electrons. The van der Waals surface area contributed by atoms with Crippen LogP contribution in [-0.4, -0.2) is 21.8 Å². The van der Waals surface area contributed by atoms with Crippen LogP contribution in [0.5, 0.6) is 0 Å². The lowest BCUT2D eigenvalue weighted by Gasteiger charge is -1.98. The van der Waals surface area contributed by atoms with Crippen LogP contribution in [0.25, 0.3) is 0 Å². The SMILES string of the molecule is O=C(N=CCc1cccs1)n1cc(F)c(=O)[nH]c1=O. The van der Waals surface area contributed by atoms with Gasteiger partial charge in [0, 0.05) is 17.5 Å². The first-order chi connectivity index (χ1) is 9.08. The minimum Gasteiger partial charge on any atom is -0.271 e. The predicted molar refractivity (Wildman–Crippen MR) is 68.6 cm³/mol. The maximum Gasteiger partial charge on any atom is 0.355 e. The molecule has 0 radical (unpaired) electrons. The van der Waals surface area contributed by atoms with Gasteiger partial charge in [0.1, 0.15) is 0 Å². The number of aromatic amines is 1. The average molecular weight is 281 g/mol. The summed E-state index contributed by atoms with van der Waals surface area (Å²) in [6, 6.07) is 2.77. The van der Waals surface area contributed by atoms with Crippen molar-refractivity contribution in [3.8, 4) is 0 Å². The van der Waals surface area contributed by atoms with Crippen LogP contribution < -0.4 is 11.2 Å². The van der Waals surface area contributed by atoms with Gasteiger partial charge in [0.15, 0.2) is 0 Å². The van der Waals surface area contributed by atoms with Gasteiger partial charge in [-0.25, -0.2) is 19.1 Å². The van der Waals surface area contributed by atoms with E-state index in [2.05, 4.69) is 4.99 Å². The molecule has 0 aromatic carbocycles. The van der Waals surface area contributed by atoms with Crippen LogP contribution >= 0.6 is 11.3 Å². The first kappa shape index (κ1) is 13.1. The number of aliphatic imine (C=N–C) groups is 1. The zero-order valence-corrected chi connectivity index (χ0v) is 10.3. The van der Waals surface area contributed by atoms with Crippen LogP contribution in [0.2, 0.25) is 0 Å². The predicted octanol–water partition coefficient (Wildman–Crippen LogP) is 1.02. The van der Waals surface area contributed by atoms with E-state index in [0.29, 0.717) is 17.2 Å². The Hall–Kier alpha value is -2.35. The highest BCUT2D eigenvalue weighted by atomic mass is 32.1. The van der Waals surface area contributed by atoms with Crippen molar-refractivity contribution in [2.75, 3.05) is 0 Å². The van der Waals surface area contributed by atoms with Crippen molar-refractivity contribution < 1.29 is 9.18 Å². The Balaban J connectivity index is 2.16. The topological polar surface area (TPSA) is 84.3 Å². The fraction of sp³-hybridized carbons (Fsp3) is 0.0909. The lowest BCUT2D eigenvalue weighted by molar-refractivity contribution is 0.249. The summed E-state index contributed by atoms with van der Waals surface area (Å²) in [5.41, 5.74) is -2.19. The van der Waals surface area contributed by atoms with Crippen LogP contribution in [0, 0.1) is 5.82 Å². The summed E-state index contributed by atoms with van der Waals surface area (Å²) in [6.07, 6.45) is 2.28. The molecule has 1 N–H and O–H groups in total. The summed E-state index contributed by atoms with van der Waals surface area (Å²) in [5.74, 6) is -1.22. The molecule has 0 aliphatic heterocycles. The molecule has 0 spiro atoms. The molecule has 0 saturated carbocycles. The maximum atomic E-state index is 13.0. The summed E-state index contributed by atoms with van der Waals surface area (Å²) in [4.78, 5) is 39.8. The highest BCUT2D eigenvalue weighted by Crippen LogP contribution is 2.07. The molecular weight excluding hydrogens is 273 g/mol. The first-order valence-corrected chi connectivity index (χ1v) is 6.06. The molecule has 2 rings (SSSR count). The molecule has 2 aromatic heterocycles. The molecule has 2 heterocycles. The molecular formula is C11H8FN3O3S. The second kappa shape index (κ2) is 5.53. The molecule has 19 heavy (non-hydrogen) atoms. The number of rotatable bonds is 2. The number of nitrogens with one attached hydrogen (secondary N) is 1. The summed E-state index contributed by atoms with van der Waals surface area (Å²) < 4.78 is 13.4. The molecule has 0 fully saturated rings. The molecule has 0 aliphatic carbocycles. The number of carbonyl (C=O) groups is 1. The van der Waals surface area contributed by atoms with Gasteiger partial charge in [0.2, 0.25) is 5.82 Å². The van der Waals surface area contributed by atoms with Crippen LogP contribution in [0.1, 0.15) is 4.88 Å². The Labute approximate surface area is 109 Å². The van der Waals surface area contributed by atoms with Crippen molar-refractivity contribution in [2.24, 2.45) is 4.99 Å². The monoisotopic (exact) mass is 281 g/mol. The van der Waals surface area contributed by atoms with Crippen molar-refractivity contribution in [2.45, 2.75) is 6.42 Å². The van der Waals surface area contributed by atoms with E-state index >= 15 is 0 Å². The van der Waals surface area contributed by atoms with Crippen molar-refractivity contribution in [1.82, 2.24) is 9.55 Å². The molecule has 8 heteroatoms. The normalized spacial score (nSPS) is 11.0. The Morgan fingerprint density at radius 2 is 2.32 bits per heavy atom. The van der Waals surface area contributed by atoms with E-state index in [4.69, 9.17) is 0 Å². The number of carbonyl (C=O) groups excluding carboxylic acids is 1. The molecule has 0 saturated heterocycles. The van der Waals surface area contributed by atoms with E-state index in [-0.39, 0.29) is 0 Å².